The smallest absolute Gasteiger partial charge is 0.269 e. The fourth-order valence-electron chi connectivity index (χ4n) is 2.67. The van der Waals surface area contributed by atoms with E-state index in [-0.39, 0.29) is 11.4 Å². The molecule has 0 aliphatic heterocycles. The number of aryl methyl sites for hydroxylation is 1. The van der Waals surface area contributed by atoms with Gasteiger partial charge in [0, 0.05) is 36.4 Å². The number of amides is 2. The maximum absolute atomic E-state index is 12.5. The monoisotopic (exact) mass is 405 g/mol. The average molecular weight is 405 g/mol. The van der Waals surface area contributed by atoms with E-state index in [4.69, 9.17) is 4.42 Å². The van der Waals surface area contributed by atoms with Gasteiger partial charge in [-0.05, 0) is 43.3 Å². The molecule has 0 unspecified atom stereocenters. The number of carbonyl (C=O) groups excluding carboxylic acids is 2. The van der Waals surface area contributed by atoms with E-state index in [0.717, 1.165) is 5.56 Å². The van der Waals surface area contributed by atoms with Gasteiger partial charge in [-0.25, -0.2) is 0 Å². The van der Waals surface area contributed by atoms with Crippen molar-refractivity contribution in [1.82, 2.24) is 10.6 Å². The maximum Gasteiger partial charge on any atom is 0.269 e. The van der Waals surface area contributed by atoms with Gasteiger partial charge in [-0.1, -0.05) is 17.7 Å². The van der Waals surface area contributed by atoms with Gasteiger partial charge in [0.15, 0.2) is 0 Å². The maximum atomic E-state index is 12.5. The predicted octanol–water partition coefficient (Wildman–Crippen LogP) is 3.68. The van der Waals surface area contributed by atoms with Crippen LogP contribution in [-0.4, -0.2) is 23.8 Å². The molecule has 0 radical (unpaired) electrons. The van der Waals surface area contributed by atoms with Gasteiger partial charge < -0.3 is 15.1 Å². The van der Waals surface area contributed by atoms with Gasteiger partial charge in [0.05, 0.1) is 4.92 Å². The van der Waals surface area contributed by atoms with Gasteiger partial charge in [-0.15, -0.1) is 0 Å². The summed E-state index contributed by atoms with van der Waals surface area (Å²) in [6.07, 6.45) is 1.42. The molecular weight excluding hydrogens is 386 g/mol. The summed E-state index contributed by atoms with van der Waals surface area (Å²) in [7, 11) is 1.46. The number of nitro groups is 1. The second-order valence-electron chi connectivity index (χ2n) is 6.46. The summed E-state index contributed by atoms with van der Waals surface area (Å²) >= 11 is 0. The summed E-state index contributed by atoms with van der Waals surface area (Å²) in [6.45, 7) is 1.91. The third-order valence-electron chi connectivity index (χ3n) is 4.31. The molecule has 0 aliphatic rings. The van der Waals surface area contributed by atoms with E-state index in [9.17, 15) is 19.7 Å². The predicted molar refractivity (Wildman–Crippen MR) is 111 cm³/mol. The van der Waals surface area contributed by atoms with E-state index in [1.54, 1.807) is 48.5 Å². The highest BCUT2D eigenvalue weighted by Crippen LogP contribution is 2.25. The molecule has 1 heterocycles. The second-order valence-corrected chi connectivity index (χ2v) is 6.46. The van der Waals surface area contributed by atoms with Gasteiger partial charge in [0.25, 0.3) is 17.5 Å². The van der Waals surface area contributed by atoms with E-state index in [0.29, 0.717) is 22.6 Å². The molecule has 0 atom stereocenters. The van der Waals surface area contributed by atoms with Gasteiger partial charge in [-0.2, -0.15) is 0 Å². The number of hydrogen-bond donors (Lipinski definition) is 2. The molecule has 0 fully saturated rings. The summed E-state index contributed by atoms with van der Waals surface area (Å²) in [6, 6.07) is 16.2. The Kier molecular flexibility index (Phi) is 6.07. The highest BCUT2D eigenvalue weighted by atomic mass is 16.6. The van der Waals surface area contributed by atoms with Crippen molar-refractivity contribution in [3.8, 4) is 11.3 Å². The Labute approximate surface area is 172 Å². The van der Waals surface area contributed by atoms with Crippen LogP contribution in [0.1, 0.15) is 21.7 Å². The number of nitrogens with zero attached hydrogens (tertiary/aromatic N) is 1. The minimum atomic E-state index is -0.483. The summed E-state index contributed by atoms with van der Waals surface area (Å²) in [5.41, 5.74) is 2.08. The largest absolute Gasteiger partial charge is 0.457 e. The molecule has 1 aromatic heterocycles. The van der Waals surface area contributed by atoms with Crippen molar-refractivity contribution in [2.45, 2.75) is 6.92 Å². The van der Waals surface area contributed by atoms with Crippen molar-refractivity contribution < 1.29 is 18.9 Å². The molecule has 2 aromatic carbocycles. The Balaban J connectivity index is 1.83. The van der Waals surface area contributed by atoms with Crippen LogP contribution in [0.3, 0.4) is 0 Å². The lowest BCUT2D eigenvalue weighted by Crippen LogP contribution is -2.33. The number of hydrogen-bond acceptors (Lipinski definition) is 5. The molecule has 2 amide bonds. The van der Waals surface area contributed by atoms with Crippen LogP contribution >= 0.6 is 0 Å². The molecule has 3 rings (SSSR count). The van der Waals surface area contributed by atoms with Crippen LogP contribution in [0.25, 0.3) is 17.4 Å². The van der Waals surface area contributed by atoms with E-state index in [1.165, 1.54) is 25.3 Å². The third-order valence-corrected chi connectivity index (χ3v) is 4.31. The molecule has 0 saturated carbocycles. The van der Waals surface area contributed by atoms with Crippen molar-refractivity contribution in [2.75, 3.05) is 7.05 Å². The topological polar surface area (TPSA) is 114 Å². The summed E-state index contributed by atoms with van der Waals surface area (Å²) in [5.74, 6) is -0.0980. The Morgan fingerprint density at radius 2 is 1.67 bits per heavy atom. The second kappa shape index (κ2) is 8.87. The number of rotatable bonds is 6. The van der Waals surface area contributed by atoms with Crippen molar-refractivity contribution in [1.29, 1.82) is 0 Å². The molecule has 8 nitrogen and oxygen atoms in total. The molecule has 0 bridgehead atoms. The zero-order valence-corrected chi connectivity index (χ0v) is 16.3. The molecular formula is C22H19N3O5. The SMILES string of the molecule is CNC(=O)C(=Cc1ccc(-c2ccc([N+](=O)[O-])cc2)o1)NC(=O)c1ccc(C)cc1. The number of likely N-dealkylation sites (N-methyl/N-ethyl adjacent to an activating group) is 1. The average Bonchev–Trinajstić information content (AvgIpc) is 3.21. The van der Waals surface area contributed by atoms with Crippen molar-refractivity contribution in [2.24, 2.45) is 0 Å². The fourth-order valence-corrected chi connectivity index (χ4v) is 2.67. The van der Waals surface area contributed by atoms with Gasteiger partial charge in [0.1, 0.15) is 17.2 Å². The van der Waals surface area contributed by atoms with Crippen molar-refractivity contribution in [3.05, 3.63) is 93.4 Å². The van der Waals surface area contributed by atoms with Crippen molar-refractivity contribution >= 4 is 23.6 Å². The summed E-state index contributed by atoms with van der Waals surface area (Å²) < 4.78 is 5.72. The van der Waals surface area contributed by atoms with Gasteiger partial charge in [-0.3, -0.25) is 19.7 Å². The highest BCUT2D eigenvalue weighted by molar-refractivity contribution is 6.05. The number of nitrogens with one attached hydrogen (secondary N) is 2. The first kappa shape index (κ1) is 20.5. The van der Waals surface area contributed by atoms with Crippen LogP contribution in [0.15, 0.2) is 70.8 Å². The third kappa shape index (κ3) is 4.79. The Morgan fingerprint density at radius 1 is 1.00 bits per heavy atom. The quantitative estimate of drug-likeness (QED) is 0.369. The Hall–Kier alpha value is -4.20. The summed E-state index contributed by atoms with van der Waals surface area (Å²) in [5, 5.41) is 15.9. The minimum absolute atomic E-state index is 0.0210. The van der Waals surface area contributed by atoms with Crippen LogP contribution < -0.4 is 10.6 Å². The zero-order valence-electron chi connectivity index (χ0n) is 16.3. The molecule has 30 heavy (non-hydrogen) atoms. The van der Waals surface area contributed by atoms with Crippen LogP contribution in [-0.2, 0) is 4.79 Å². The highest BCUT2D eigenvalue weighted by Gasteiger charge is 2.15. The normalized spacial score (nSPS) is 11.1. The Morgan fingerprint density at radius 3 is 2.27 bits per heavy atom. The van der Waals surface area contributed by atoms with Crippen LogP contribution in [0.5, 0.6) is 0 Å². The summed E-state index contributed by atoms with van der Waals surface area (Å²) in [4.78, 5) is 35.0. The molecule has 3 aromatic rings. The first-order valence-corrected chi connectivity index (χ1v) is 9.04. The molecule has 2 N–H and O–H groups in total. The van der Waals surface area contributed by atoms with E-state index >= 15 is 0 Å². The van der Waals surface area contributed by atoms with Gasteiger partial charge in [0.2, 0.25) is 0 Å². The minimum Gasteiger partial charge on any atom is -0.457 e. The first-order chi connectivity index (χ1) is 14.4. The number of furan rings is 1. The number of benzene rings is 2. The fraction of sp³-hybridized carbons (Fsp3) is 0.0909. The standard InChI is InChI=1S/C22H19N3O5/c1-14-3-5-16(6-4-14)21(26)24-19(22(27)23-2)13-18-11-12-20(30-18)15-7-9-17(10-8-15)25(28)29/h3-13H,1-2H3,(H,23,27)(H,24,26). The number of carbonyl (C=O) groups is 2. The molecule has 8 heteroatoms. The Bertz CT molecular complexity index is 1110. The van der Waals surface area contributed by atoms with E-state index in [2.05, 4.69) is 10.6 Å². The van der Waals surface area contributed by atoms with Gasteiger partial charge >= 0.3 is 0 Å². The van der Waals surface area contributed by atoms with Crippen LogP contribution in [0, 0.1) is 17.0 Å². The number of non-ortho nitro benzene ring substituents is 1. The molecule has 0 saturated heterocycles. The number of nitro benzene ring substituents is 1. The lowest BCUT2D eigenvalue weighted by atomic mass is 10.1. The molecule has 0 aliphatic carbocycles. The van der Waals surface area contributed by atoms with Crippen LogP contribution in [0.2, 0.25) is 0 Å². The first-order valence-electron chi connectivity index (χ1n) is 9.04. The zero-order chi connectivity index (χ0) is 21.7. The molecule has 152 valence electrons. The van der Waals surface area contributed by atoms with Crippen LogP contribution in [0.4, 0.5) is 5.69 Å². The lowest BCUT2D eigenvalue weighted by molar-refractivity contribution is -0.384. The molecule has 0 spiro atoms. The van der Waals surface area contributed by atoms with Crippen molar-refractivity contribution in [3.63, 3.8) is 0 Å². The lowest BCUT2D eigenvalue weighted by Gasteiger charge is -2.08. The van der Waals surface area contributed by atoms with E-state index in [1.807, 2.05) is 6.92 Å². The van der Waals surface area contributed by atoms with E-state index < -0.39 is 16.7 Å².